The van der Waals surface area contributed by atoms with Crippen LogP contribution in [-0.2, 0) is 21.4 Å². The molecular weight excluding hydrogens is 316 g/mol. The minimum absolute atomic E-state index is 0.00375. The fourth-order valence-corrected chi connectivity index (χ4v) is 4.29. The number of aryl methyl sites for hydroxylation is 1. The van der Waals surface area contributed by atoms with Crippen LogP contribution in [0.25, 0.3) is 0 Å². The molecule has 7 nitrogen and oxygen atoms in total. The number of carbonyl (C=O) groups excluding carboxylic acids is 1. The van der Waals surface area contributed by atoms with Gasteiger partial charge in [0.1, 0.15) is 11.4 Å². The summed E-state index contributed by atoms with van der Waals surface area (Å²) in [4.78, 5) is 14.5. The summed E-state index contributed by atoms with van der Waals surface area (Å²) in [5, 5.41) is 4.28. The molecule has 0 aliphatic carbocycles. The summed E-state index contributed by atoms with van der Waals surface area (Å²) in [6.45, 7) is 7.12. The molecule has 0 spiro atoms. The van der Waals surface area contributed by atoms with Crippen LogP contribution >= 0.6 is 0 Å². The molecule has 130 valence electrons. The van der Waals surface area contributed by atoms with Crippen LogP contribution in [0.5, 0.6) is 0 Å². The number of amides is 1. The van der Waals surface area contributed by atoms with E-state index in [1.165, 1.54) is 23.1 Å². The van der Waals surface area contributed by atoms with E-state index >= 15 is 0 Å². The molecule has 0 bridgehead atoms. The van der Waals surface area contributed by atoms with E-state index in [4.69, 9.17) is 0 Å². The van der Waals surface area contributed by atoms with Gasteiger partial charge in [-0.25, -0.2) is 12.7 Å². The highest BCUT2D eigenvalue weighted by molar-refractivity contribution is 7.89. The highest BCUT2D eigenvalue weighted by Crippen LogP contribution is 2.22. The lowest BCUT2D eigenvalue weighted by Crippen LogP contribution is -2.41. The van der Waals surface area contributed by atoms with E-state index < -0.39 is 10.0 Å². The van der Waals surface area contributed by atoms with Gasteiger partial charge in [0.25, 0.3) is 0 Å². The molecular formula is C15H26N4O3S. The molecule has 0 aromatic carbocycles. The van der Waals surface area contributed by atoms with E-state index in [-0.39, 0.29) is 17.3 Å². The molecule has 1 aliphatic heterocycles. The van der Waals surface area contributed by atoms with Gasteiger partial charge in [0.05, 0.1) is 11.4 Å². The Morgan fingerprint density at radius 2 is 2.00 bits per heavy atom. The van der Waals surface area contributed by atoms with Gasteiger partial charge in [0.15, 0.2) is 0 Å². The van der Waals surface area contributed by atoms with Crippen molar-refractivity contribution in [1.29, 1.82) is 0 Å². The number of hydrogen-bond acceptors (Lipinski definition) is 4. The second kappa shape index (κ2) is 6.60. The number of piperidine rings is 1. The zero-order chi connectivity index (χ0) is 17.4. The lowest BCUT2D eigenvalue weighted by molar-refractivity contribution is -0.133. The molecule has 1 amide bonds. The Bertz CT molecular complexity index is 694. The van der Waals surface area contributed by atoms with Crippen LogP contribution in [0.3, 0.4) is 0 Å². The summed E-state index contributed by atoms with van der Waals surface area (Å²) < 4.78 is 27.5. The monoisotopic (exact) mass is 342 g/mol. The fraction of sp³-hybridized carbons (Fsp3) is 0.733. The van der Waals surface area contributed by atoms with Crippen LogP contribution in [0, 0.1) is 19.8 Å². The first kappa shape index (κ1) is 17.9. The van der Waals surface area contributed by atoms with E-state index in [1.54, 1.807) is 13.8 Å². The molecule has 1 fully saturated rings. The zero-order valence-corrected chi connectivity index (χ0v) is 15.4. The van der Waals surface area contributed by atoms with Crippen molar-refractivity contribution in [1.82, 2.24) is 19.0 Å². The summed E-state index contributed by atoms with van der Waals surface area (Å²) in [6.07, 6.45) is 2.17. The highest BCUT2D eigenvalue weighted by atomic mass is 32.2. The van der Waals surface area contributed by atoms with Gasteiger partial charge in [-0.1, -0.05) is 6.92 Å². The van der Waals surface area contributed by atoms with Gasteiger partial charge in [-0.2, -0.15) is 5.10 Å². The lowest BCUT2D eigenvalue weighted by Gasteiger charge is -2.31. The molecule has 0 radical (unpaired) electrons. The van der Waals surface area contributed by atoms with Gasteiger partial charge in [-0.3, -0.25) is 9.48 Å². The maximum atomic E-state index is 12.5. The van der Waals surface area contributed by atoms with Crippen molar-refractivity contribution < 1.29 is 13.2 Å². The van der Waals surface area contributed by atoms with E-state index in [1.807, 2.05) is 4.90 Å². The predicted molar refractivity (Wildman–Crippen MR) is 87.6 cm³/mol. The number of carbonyl (C=O) groups is 1. The molecule has 8 heteroatoms. The van der Waals surface area contributed by atoms with E-state index in [0.29, 0.717) is 17.3 Å². The molecule has 0 N–H and O–H groups in total. The molecule has 1 aliphatic rings. The first-order valence-electron chi connectivity index (χ1n) is 7.89. The summed E-state index contributed by atoms with van der Waals surface area (Å²) in [7, 11) is -0.578. The Balaban J connectivity index is 2.24. The largest absolute Gasteiger partial charge is 0.341 e. The average molecular weight is 342 g/mol. The number of rotatable bonds is 4. The van der Waals surface area contributed by atoms with Crippen molar-refractivity contribution in [2.45, 2.75) is 45.1 Å². The molecule has 1 saturated heterocycles. The summed E-state index contributed by atoms with van der Waals surface area (Å²) in [5.74, 6) is 0.508. The van der Waals surface area contributed by atoms with Crippen LogP contribution in [0.2, 0.25) is 0 Å². The SMILES string of the molecule is Cc1nn(CC(=O)N2CCCC(C)C2)c(C)c1S(=O)(=O)N(C)C. The van der Waals surface area contributed by atoms with Crippen LogP contribution in [0.4, 0.5) is 0 Å². The van der Waals surface area contributed by atoms with Crippen molar-refractivity contribution >= 4 is 15.9 Å². The molecule has 0 saturated carbocycles. The summed E-state index contributed by atoms with van der Waals surface area (Å²) in [5.41, 5.74) is 0.936. The van der Waals surface area contributed by atoms with E-state index in [2.05, 4.69) is 12.0 Å². The first-order valence-corrected chi connectivity index (χ1v) is 9.33. The van der Waals surface area contributed by atoms with Crippen molar-refractivity contribution in [2.75, 3.05) is 27.2 Å². The molecule has 1 atom stereocenters. The third-order valence-corrected chi connectivity index (χ3v) is 6.42. The van der Waals surface area contributed by atoms with Gasteiger partial charge in [-0.15, -0.1) is 0 Å². The molecule has 23 heavy (non-hydrogen) atoms. The van der Waals surface area contributed by atoms with Crippen molar-refractivity contribution in [3.8, 4) is 0 Å². The predicted octanol–water partition coefficient (Wildman–Crippen LogP) is 1.01. The molecule has 1 aromatic heterocycles. The molecule has 1 aromatic rings. The van der Waals surface area contributed by atoms with Crippen LogP contribution in [0.15, 0.2) is 4.90 Å². The topological polar surface area (TPSA) is 75.5 Å². The Morgan fingerprint density at radius 1 is 1.35 bits per heavy atom. The Morgan fingerprint density at radius 3 is 2.57 bits per heavy atom. The maximum Gasteiger partial charge on any atom is 0.246 e. The summed E-state index contributed by atoms with van der Waals surface area (Å²) >= 11 is 0. The highest BCUT2D eigenvalue weighted by Gasteiger charge is 2.28. The zero-order valence-electron chi connectivity index (χ0n) is 14.5. The number of sulfonamides is 1. The Labute approximate surface area is 138 Å². The minimum atomic E-state index is -3.56. The van der Waals surface area contributed by atoms with Crippen molar-refractivity contribution in [2.24, 2.45) is 5.92 Å². The number of likely N-dealkylation sites (tertiary alicyclic amines) is 1. The normalized spacial score (nSPS) is 19.4. The number of nitrogens with zero attached hydrogens (tertiary/aromatic N) is 4. The smallest absolute Gasteiger partial charge is 0.246 e. The van der Waals surface area contributed by atoms with Crippen molar-refractivity contribution in [3.63, 3.8) is 0 Å². The first-order chi connectivity index (χ1) is 10.6. The fourth-order valence-electron chi connectivity index (χ4n) is 3.03. The Kier molecular flexibility index (Phi) is 5.15. The van der Waals surface area contributed by atoms with Crippen LogP contribution in [-0.4, -0.2) is 60.5 Å². The van der Waals surface area contributed by atoms with Crippen LogP contribution < -0.4 is 0 Å². The van der Waals surface area contributed by atoms with E-state index in [9.17, 15) is 13.2 Å². The molecule has 2 heterocycles. The second-order valence-electron chi connectivity index (χ2n) is 6.53. The van der Waals surface area contributed by atoms with Gasteiger partial charge in [0.2, 0.25) is 15.9 Å². The number of hydrogen-bond donors (Lipinski definition) is 0. The van der Waals surface area contributed by atoms with E-state index in [0.717, 1.165) is 25.9 Å². The van der Waals surface area contributed by atoms with Crippen LogP contribution in [0.1, 0.15) is 31.2 Å². The third-order valence-electron chi connectivity index (χ3n) is 4.35. The quantitative estimate of drug-likeness (QED) is 0.818. The molecule has 2 rings (SSSR count). The maximum absolute atomic E-state index is 12.5. The Hall–Kier alpha value is -1.41. The third kappa shape index (κ3) is 3.58. The number of aromatic nitrogens is 2. The second-order valence-corrected chi connectivity index (χ2v) is 8.62. The summed E-state index contributed by atoms with van der Waals surface area (Å²) in [6, 6.07) is 0. The van der Waals surface area contributed by atoms with Crippen molar-refractivity contribution in [3.05, 3.63) is 11.4 Å². The van der Waals surface area contributed by atoms with Gasteiger partial charge >= 0.3 is 0 Å². The average Bonchev–Trinajstić information content (AvgIpc) is 2.73. The van der Waals surface area contributed by atoms with Gasteiger partial charge in [0, 0.05) is 27.2 Å². The van der Waals surface area contributed by atoms with Gasteiger partial charge in [-0.05, 0) is 32.6 Å². The minimum Gasteiger partial charge on any atom is -0.341 e. The standard InChI is InChI=1S/C15H26N4O3S/c1-11-7-6-8-18(9-11)14(20)10-19-13(3)15(12(2)16-19)23(21,22)17(4)5/h11H,6-10H2,1-5H3. The lowest BCUT2D eigenvalue weighted by atomic mass is 10.0. The van der Waals surface area contributed by atoms with Gasteiger partial charge < -0.3 is 4.90 Å². The molecule has 1 unspecified atom stereocenters.